The second kappa shape index (κ2) is 6.81. The molecule has 146 valence electrons. The van der Waals surface area contributed by atoms with Crippen molar-refractivity contribution in [2.45, 2.75) is 6.42 Å². The molecule has 7 nitrogen and oxygen atoms in total. The number of aromatic nitrogens is 1. The van der Waals surface area contributed by atoms with Gasteiger partial charge in [0.15, 0.2) is 0 Å². The van der Waals surface area contributed by atoms with E-state index in [0.29, 0.717) is 25.2 Å². The van der Waals surface area contributed by atoms with Crippen molar-refractivity contribution < 1.29 is 19.3 Å². The normalized spacial score (nSPS) is 31.7. The molecule has 0 radical (unpaired) electrons. The van der Waals surface area contributed by atoms with Gasteiger partial charge in [-0.1, -0.05) is 12.2 Å². The van der Waals surface area contributed by atoms with Crippen LogP contribution in [-0.2, 0) is 9.59 Å². The van der Waals surface area contributed by atoms with Gasteiger partial charge >= 0.3 is 0 Å². The number of amides is 3. The predicted octanol–water partition coefficient (Wildman–Crippen LogP) is -0.771. The fourth-order valence-electron chi connectivity index (χ4n) is 5.40. The van der Waals surface area contributed by atoms with E-state index in [1.807, 2.05) is 4.90 Å². The van der Waals surface area contributed by atoms with E-state index in [1.54, 1.807) is 24.5 Å². The van der Waals surface area contributed by atoms with Crippen LogP contribution < -0.4 is 4.90 Å². The first-order chi connectivity index (χ1) is 13.6. The summed E-state index contributed by atoms with van der Waals surface area (Å²) < 4.78 is 0. The predicted molar refractivity (Wildman–Crippen MR) is 100 cm³/mol. The summed E-state index contributed by atoms with van der Waals surface area (Å²) in [5, 5.41) is 0. The van der Waals surface area contributed by atoms with Crippen LogP contribution >= 0.6 is 0 Å². The third-order valence-electron chi connectivity index (χ3n) is 6.92. The summed E-state index contributed by atoms with van der Waals surface area (Å²) in [5.74, 6) is 0.427. The summed E-state index contributed by atoms with van der Waals surface area (Å²) >= 11 is 0. The molecule has 1 aromatic rings. The summed E-state index contributed by atoms with van der Waals surface area (Å²) in [6.45, 7) is 4.29. The fourth-order valence-corrected chi connectivity index (χ4v) is 5.40. The number of quaternary nitrogens is 1. The minimum atomic E-state index is -0.105. The monoisotopic (exact) mass is 381 g/mol. The number of pyridine rings is 1. The number of allylic oxidation sites excluding steroid dienone is 2. The van der Waals surface area contributed by atoms with Gasteiger partial charge in [0, 0.05) is 12.4 Å². The Kier molecular flexibility index (Phi) is 4.27. The van der Waals surface area contributed by atoms with Gasteiger partial charge in [-0.2, -0.15) is 0 Å². The molecule has 2 bridgehead atoms. The van der Waals surface area contributed by atoms with E-state index < -0.39 is 0 Å². The van der Waals surface area contributed by atoms with Crippen LogP contribution in [0, 0.1) is 23.7 Å². The molecule has 3 amide bonds. The van der Waals surface area contributed by atoms with Crippen LogP contribution in [0.15, 0.2) is 36.7 Å². The molecular formula is C21H25N4O3+. The number of likely N-dealkylation sites (tertiary alicyclic amines) is 1. The second-order valence-electron chi connectivity index (χ2n) is 8.36. The summed E-state index contributed by atoms with van der Waals surface area (Å²) in [6, 6.07) is 3.56. The second-order valence-corrected chi connectivity index (χ2v) is 8.36. The van der Waals surface area contributed by atoms with Crippen LogP contribution in [0.4, 0.5) is 0 Å². The smallest absolute Gasteiger partial charge is 0.255 e. The van der Waals surface area contributed by atoms with Gasteiger partial charge in [0.25, 0.3) is 5.91 Å². The van der Waals surface area contributed by atoms with Crippen molar-refractivity contribution in [1.29, 1.82) is 0 Å². The van der Waals surface area contributed by atoms with Crippen LogP contribution in [0.3, 0.4) is 0 Å². The van der Waals surface area contributed by atoms with Crippen LogP contribution in [0.5, 0.6) is 0 Å². The highest BCUT2D eigenvalue weighted by atomic mass is 16.2. The van der Waals surface area contributed by atoms with Crippen molar-refractivity contribution in [3.05, 3.63) is 42.2 Å². The number of nitrogens with zero attached hydrogens (tertiary/aromatic N) is 3. The van der Waals surface area contributed by atoms with E-state index in [-0.39, 0.29) is 41.4 Å². The largest absolute Gasteiger partial charge is 0.331 e. The number of hydrogen-bond donors (Lipinski definition) is 1. The lowest BCUT2D eigenvalue weighted by atomic mass is 9.85. The SMILES string of the molecule is O=C(c1cccnc1)N1CC[NH+](CCN2C(=O)[C@@H]3[C@H](C2=O)[C@H]2C=C[C@H]3C2)CC1. The molecule has 2 aliphatic heterocycles. The molecule has 0 aromatic carbocycles. The molecule has 1 aromatic heterocycles. The molecule has 1 saturated carbocycles. The Morgan fingerprint density at radius 1 is 1.11 bits per heavy atom. The van der Waals surface area contributed by atoms with E-state index in [1.165, 1.54) is 9.80 Å². The van der Waals surface area contributed by atoms with Crippen LogP contribution in [0.2, 0.25) is 0 Å². The number of carbonyl (C=O) groups is 3. The van der Waals surface area contributed by atoms with E-state index in [9.17, 15) is 14.4 Å². The number of rotatable bonds is 4. The van der Waals surface area contributed by atoms with Gasteiger partial charge in [-0.25, -0.2) is 0 Å². The molecule has 2 saturated heterocycles. The van der Waals surface area contributed by atoms with Crippen LogP contribution in [0.1, 0.15) is 16.8 Å². The first kappa shape index (κ1) is 17.6. The molecule has 3 heterocycles. The molecular weight excluding hydrogens is 356 g/mol. The van der Waals surface area contributed by atoms with E-state index in [0.717, 1.165) is 26.1 Å². The van der Waals surface area contributed by atoms with E-state index >= 15 is 0 Å². The van der Waals surface area contributed by atoms with Crippen molar-refractivity contribution in [3.8, 4) is 0 Å². The Balaban J connectivity index is 1.14. The number of fused-ring (bicyclic) bond motifs is 5. The molecule has 2 aliphatic carbocycles. The number of nitrogens with one attached hydrogen (secondary N) is 1. The zero-order valence-corrected chi connectivity index (χ0v) is 15.8. The lowest BCUT2D eigenvalue weighted by Crippen LogP contribution is -3.15. The maximum absolute atomic E-state index is 12.8. The topological polar surface area (TPSA) is 75.0 Å². The molecule has 28 heavy (non-hydrogen) atoms. The minimum Gasteiger partial charge on any atom is -0.331 e. The van der Waals surface area contributed by atoms with Gasteiger partial charge in [0.2, 0.25) is 11.8 Å². The lowest BCUT2D eigenvalue weighted by molar-refractivity contribution is -0.903. The lowest BCUT2D eigenvalue weighted by Gasteiger charge is -2.33. The van der Waals surface area contributed by atoms with Gasteiger partial charge in [-0.3, -0.25) is 24.3 Å². The molecule has 4 aliphatic rings. The van der Waals surface area contributed by atoms with E-state index in [2.05, 4.69) is 17.1 Å². The number of piperazine rings is 1. The summed E-state index contributed by atoms with van der Waals surface area (Å²) in [4.78, 5) is 46.8. The number of carbonyl (C=O) groups excluding carboxylic acids is 3. The highest BCUT2D eigenvalue weighted by Crippen LogP contribution is 2.52. The zero-order chi connectivity index (χ0) is 19.3. The van der Waals surface area contributed by atoms with Crippen LogP contribution in [-0.4, -0.2) is 71.8 Å². The van der Waals surface area contributed by atoms with Crippen molar-refractivity contribution in [2.24, 2.45) is 23.7 Å². The zero-order valence-electron chi connectivity index (χ0n) is 15.8. The molecule has 4 atom stereocenters. The number of imide groups is 1. The fraction of sp³-hybridized carbons (Fsp3) is 0.524. The van der Waals surface area contributed by atoms with E-state index in [4.69, 9.17) is 0 Å². The molecule has 0 spiro atoms. The van der Waals surface area contributed by atoms with Crippen LogP contribution in [0.25, 0.3) is 0 Å². The van der Waals surface area contributed by atoms with Gasteiger partial charge < -0.3 is 9.80 Å². The highest BCUT2D eigenvalue weighted by molar-refractivity contribution is 6.06. The minimum absolute atomic E-state index is 0.0212. The average Bonchev–Trinajstić information content (AvgIpc) is 3.41. The third-order valence-corrected chi connectivity index (χ3v) is 6.92. The molecule has 5 rings (SSSR count). The third kappa shape index (κ3) is 2.76. The highest BCUT2D eigenvalue weighted by Gasteiger charge is 2.59. The van der Waals surface area contributed by atoms with Crippen molar-refractivity contribution in [3.63, 3.8) is 0 Å². The Morgan fingerprint density at radius 3 is 2.39 bits per heavy atom. The van der Waals surface area contributed by atoms with Crippen molar-refractivity contribution >= 4 is 17.7 Å². The maximum atomic E-state index is 12.8. The Bertz CT molecular complexity index is 801. The first-order valence-electron chi connectivity index (χ1n) is 10.2. The quantitative estimate of drug-likeness (QED) is 0.549. The summed E-state index contributed by atoms with van der Waals surface area (Å²) in [5.41, 5.74) is 0.619. The molecule has 0 unspecified atom stereocenters. The standard InChI is InChI=1S/C21H24N4O3/c26-19(16-2-1-5-22-13-16)24-9-6-23(7-10-24)8-11-25-20(27)17-14-3-4-15(12-14)18(17)21(25)28/h1-5,13-15,17-18H,6-12H2/p+1/t14-,15-,17-,18+/m0/s1. The average molecular weight is 381 g/mol. The van der Waals surface area contributed by atoms with Gasteiger partial charge in [-0.05, 0) is 30.4 Å². The summed E-state index contributed by atoms with van der Waals surface area (Å²) in [6.07, 6.45) is 8.49. The van der Waals surface area contributed by atoms with Gasteiger partial charge in [0.05, 0.1) is 56.7 Å². The molecule has 7 heteroatoms. The molecule has 3 fully saturated rings. The number of hydrogen-bond acceptors (Lipinski definition) is 4. The van der Waals surface area contributed by atoms with Gasteiger partial charge in [-0.15, -0.1) is 0 Å². The Labute approximate surface area is 164 Å². The Hall–Kier alpha value is -2.54. The summed E-state index contributed by atoms with van der Waals surface area (Å²) in [7, 11) is 0. The Morgan fingerprint density at radius 2 is 1.79 bits per heavy atom. The maximum Gasteiger partial charge on any atom is 0.255 e. The van der Waals surface area contributed by atoms with Crippen molar-refractivity contribution in [1.82, 2.24) is 14.8 Å². The van der Waals surface area contributed by atoms with Crippen molar-refractivity contribution in [2.75, 3.05) is 39.3 Å². The molecule has 1 N–H and O–H groups in total. The first-order valence-corrected chi connectivity index (χ1v) is 10.2. The van der Waals surface area contributed by atoms with Gasteiger partial charge in [0.1, 0.15) is 0 Å².